The lowest BCUT2D eigenvalue weighted by Crippen LogP contribution is -2.01. The van der Waals surface area contributed by atoms with Gasteiger partial charge in [0.2, 0.25) is 0 Å². The number of benzene rings is 2. The van der Waals surface area contributed by atoms with E-state index >= 15 is 0 Å². The quantitative estimate of drug-likeness (QED) is 0.594. The van der Waals surface area contributed by atoms with Gasteiger partial charge in [0.15, 0.2) is 0 Å². The van der Waals surface area contributed by atoms with E-state index in [2.05, 4.69) is 15.1 Å². The predicted molar refractivity (Wildman–Crippen MR) is 102 cm³/mol. The summed E-state index contributed by atoms with van der Waals surface area (Å²) in [4.78, 5) is 8.55. The summed E-state index contributed by atoms with van der Waals surface area (Å²) in [6.45, 7) is 0.334. The Hall–Kier alpha value is -3.12. The van der Waals surface area contributed by atoms with Crippen LogP contribution in [0.5, 0.6) is 5.75 Å². The van der Waals surface area contributed by atoms with Crippen molar-refractivity contribution >= 4 is 28.3 Å². The molecule has 4 rings (SSSR count). The lowest BCUT2D eigenvalue weighted by molar-refractivity contribution is 0.304. The van der Waals surface area contributed by atoms with Crippen LogP contribution < -0.4 is 10.5 Å². The van der Waals surface area contributed by atoms with Crippen LogP contribution in [0.1, 0.15) is 5.69 Å². The maximum atomic E-state index is 6.14. The summed E-state index contributed by atoms with van der Waals surface area (Å²) >= 11 is 6.14. The number of nitrogens with zero attached hydrogens (tertiary/aromatic N) is 4. The molecule has 2 aromatic carbocycles. The molecule has 2 heterocycles. The number of fused-ring (bicyclic) bond motifs is 1. The number of hydrogen-bond donors (Lipinski definition) is 1. The Bertz CT molecular complexity index is 1090. The highest BCUT2D eigenvalue weighted by Crippen LogP contribution is 2.36. The molecule has 0 amide bonds. The van der Waals surface area contributed by atoms with Gasteiger partial charge in [0.1, 0.15) is 24.5 Å². The normalized spacial score (nSPS) is 11.0. The number of hydrogen-bond acceptors (Lipinski definition) is 5. The third kappa shape index (κ3) is 3.07. The van der Waals surface area contributed by atoms with Crippen LogP contribution in [0.15, 0.2) is 55.0 Å². The van der Waals surface area contributed by atoms with Crippen molar-refractivity contribution in [2.45, 2.75) is 6.61 Å². The molecule has 0 bridgehead atoms. The number of ether oxygens (including phenoxy) is 1. The SMILES string of the molecule is Cn1ccc(COc2ccc(-c3cccc(Cl)c3)c3ncnc(N)c23)n1. The fourth-order valence-electron chi connectivity index (χ4n) is 2.87. The fraction of sp³-hybridized carbons (Fsp3) is 0.105. The van der Waals surface area contributed by atoms with Gasteiger partial charge in [0.25, 0.3) is 0 Å². The van der Waals surface area contributed by atoms with Crippen LogP contribution in [0.2, 0.25) is 5.02 Å². The molecule has 130 valence electrons. The van der Waals surface area contributed by atoms with Gasteiger partial charge in [-0.1, -0.05) is 23.7 Å². The zero-order chi connectivity index (χ0) is 18.1. The lowest BCUT2D eigenvalue weighted by atomic mass is 10.0. The smallest absolute Gasteiger partial charge is 0.138 e. The van der Waals surface area contributed by atoms with Gasteiger partial charge in [-0.25, -0.2) is 9.97 Å². The number of anilines is 1. The van der Waals surface area contributed by atoms with Gasteiger partial charge < -0.3 is 10.5 Å². The molecule has 0 aliphatic heterocycles. The molecule has 0 saturated carbocycles. The Kier molecular flexibility index (Phi) is 4.18. The number of halogens is 1. The van der Waals surface area contributed by atoms with Crippen LogP contribution in [-0.2, 0) is 13.7 Å². The first kappa shape index (κ1) is 16.4. The molecule has 4 aromatic rings. The average molecular weight is 366 g/mol. The maximum absolute atomic E-state index is 6.14. The van der Waals surface area contributed by atoms with Crippen LogP contribution in [0.4, 0.5) is 5.82 Å². The monoisotopic (exact) mass is 365 g/mol. The van der Waals surface area contributed by atoms with Crippen LogP contribution in [0, 0.1) is 0 Å². The summed E-state index contributed by atoms with van der Waals surface area (Å²) in [5, 5.41) is 5.66. The van der Waals surface area contributed by atoms with E-state index in [9.17, 15) is 0 Å². The first-order chi connectivity index (χ1) is 12.6. The van der Waals surface area contributed by atoms with E-state index in [4.69, 9.17) is 22.1 Å². The Morgan fingerprint density at radius 2 is 2.04 bits per heavy atom. The van der Waals surface area contributed by atoms with Crippen molar-refractivity contribution in [3.8, 4) is 16.9 Å². The van der Waals surface area contributed by atoms with E-state index in [1.807, 2.05) is 55.7 Å². The third-order valence-corrected chi connectivity index (χ3v) is 4.29. The minimum absolute atomic E-state index is 0.334. The molecule has 0 spiro atoms. The minimum atomic E-state index is 0.334. The summed E-state index contributed by atoms with van der Waals surface area (Å²) in [5.74, 6) is 0.990. The number of nitrogens with two attached hydrogens (primary N) is 1. The van der Waals surface area contributed by atoms with Crippen molar-refractivity contribution in [1.82, 2.24) is 19.7 Å². The Morgan fingerprint density at radius 1 is 1.15 bits per heavy atom. The third-order valence-electron chi connectivity index (χ3n) is 4.06. The van der Waals surface area contributed by atoms with Crippen LogP contribution in [0.3, 0.4) is 0 Å². The standard InChI is InChI=1S/C19H16ClN5O/c1-25-8-7-14(24-25)10-26-16-6-5-15(12-3-2-4-13(20)9-12)18-17(16)19(21)23-11-22-18/h2-9,11H,10H2,1H3,(H2,21,22,23). The van der Waals surface area contributed by atoms with Gasteiger partial charge in [0, 0.05) is 23.8 Å². The van der Waals surface area contributed by atoms with Crippen molar-refractivity contribution in [1.29, 1.82) is 0 Å². The summed E-state index contributed by atoms with van der Waals surface area (Å²) in [6, 6.07) is 13.3. The van der Waals surface area contributed by atoms with Gasteiger partial charge in [-0.15, -0.1) is 0 Å². The highest BCUT2D eigenvalue weighted by molar-refractivity contribution is 6.30. The molecule has 26 heavy (non-hydrogen) atoms. The van der Waals surface area contributed by atoms with Gasteiger partial charge in [-0.2, -0.15) is 5.10 Å². The zero-order valence-corrected chi connectivity index (χ0v) is 14.8. The molecule has 0 radical (unpaired) electrons. The van der Waals surface area contributed by atoms with Gasteiger partial charge in [-0.3, -0.25) is 4.68 Å². The van der Waals surface area contributed by atoms with Crippen LogP contribution >= 0.6 is 11.6 Å². The number of nitrogen functional groups attached to an aromatic ring is 1. The summed E-state index contributed by atoms with van der Waals surface area (Å²) in [5.41, 5.74) is 9.55. The van der Waals surface area contributed by atoms with E-state index in [0.717, 1.165) is 22.3 Å². The second-order valence-corrected chi connectivity index (χ2v) is 6.31. The molecule has 0 fully saturated rings. The van der Waals surface area contributed by atoms with E-state index in [1.54, 1.807) is 4.68 Å². The Balaban J connectivity index is 1.79. The fourth-order valence-corrected chi connectivity index (χ4v) is 3.06. The van der Waals surface area contributed by atoms with Crippen molar-refractivity contribution in [3.05, 3.63) is 65.7 Å². The van der Waals surface area contributed by atoms with Crippen LogP contribution in [-0.4, -0.2) is 19.7 Å². The second-order valence-electron chi connectivity index (χ2n) is 5.87. The van der Waals surface area contributed by atoms with Crippen molar-refractivity contribution in [2.24, 2.45) is 7.05 Å². The molecule has 0 aliphatic carbocycles. The van der Waals surface area contributed by atoms with Crippen molar-refractivity contribution in [2.75, 3.05) is 5.73 Å². The van der Waals surface area contributed by atoms with Crippen LogP contribution in [0.25, 0.3) is 22.0 Å². The van der Waals surface area contributed by atoms with E-state index in [-0.39, 0.29) is 0 Å². The Morgan fingerprint density at radius 3 is 2.81 bits per heavy atom. The number of aryl methyl sites for hydroxylation is 1. The first-order valence-corrected chi connectivity index (χ1v) is 8.40. The molecular weight excluding hydrogens is 350 g/mol. The molecule has 6 nitrogen and oxygen atoms in total. The summed E-state index contributed by atoms with van der Waals surface area (Å²) in [7, 11) is 1.87. The highest BCUT2D eigenvalue weighted by atomic mass is 35.5. The molecule has 0 unspecified atom stereocenters. The second kappa shape index (κ2) is 6.65. The summed E-state index contributed by atoms with van der Waals surface area (Å²) < 4.78 is 7.68. The van der Waals surface area contributed by atoms with Gasteiger partial charge in [-0.05, 0) is 35.9 Å². The van der Waals surface area contributed by atoms with Crippen molar-refractivity contribution < 1.29 is 4.74 Å². The highest BCUT2D eigenvalue weighted by Gasteiger charge is 2.14. The van der Waals surface area contributed by atoms with E-state index in [0.29, 0.717) is 28.6 Å². The number of rotatable bonds is 4. The predicted octanol–water partition coefficient (Wildman–Crippen LogP) is 3.84. The molecular formula is C19H16ClN5O. The average Bonchev–Trinajstić information content (AvgIpc) is 3.05. The minimum Gasteiger partial charge on any atom is -0.486 e. The molecule has 2 aromatic heterocycles. The topological polar surface area (TPSA) is 78.8 Å². The maximum Gasteiger partial charge on any atom is 0.138 e. The first-order valence-electron chi connectivity index (χ1n) is 8.02. The van der Waals surface area contributed by atoms with Gasteiger partial charge in [0.05, 0.1) is 16.6 Å². The van der Waals surface area contributed by atoms with Gasteiger partial charge >= 0.3 is 0 Å². The number of aromatic nitrogens is 4. The largest absolute Gasteiger partial charge is 0.486 e. The Labute approximate surface area is 155 Å². The van der Waals surface area contributed by atoms with Crippen molar-refractivity contribution in [3.63, 3.8) is 0 Å². The molecule has 7 heteroatoms. The molecule has 0 atom stereocenters. The molecule has 0 saturated heterocycles. The van der Waals surface area contributed by atoms with E-state index < -0.39 is 0 Å². The lowest BCUT2D eigenvalue weighted by Gasteiger charge is -2.13. The van der Waals surface area contributed by atoms with E-state index in [1.165, 1.54) is 6.33 Å². The summed E-state index contributed by atoms with van der Waals surface area (Å²) in [6.07, 6.45) is 3.32. The zero-order valence-electron chi connectivity index (χ0n) is 14.1. The molecule has 0 aliphatic rings. The molecule has 2 N–H and O–H groups in total.